The number of rotatable bonds is 4. The van der Waals surface area contributed by atoms with Crippen LogP contribution in [0.2, 0.25) is 0 Å². The molecule has 0 bridgehead atoms. The predicted octanol–water partition coefficient (Wildman–Crippen LogP) is 3.98. The molecular formula is C29H37N7O2. The zero-order valence-electron chi connectivity index (χ0n) is 22.7. The molecule has 2 aliphatic carbocycles. The third kappa shape index (κ3) is 3.85. The minimum atomic E-state index is -0.790. The molecule has 1 spiro atoms. The average Bonchev–Trinajstić information content (AvgIpc) is 3.16. The largest absolute Gasteiger partial charge is 0.382 e. The second-order valence-corrected chi connectivity index (χ2v) is 13.3. The summed E-state index contributed by atoms with van der Waals surface area (Å²) in [7, 11) is 0. The molecule has 1 aromatic carbocycles. The number of hydrogen-bond acceptors (Lipinski definition) is 5. The number of aliphatic hydroxyl groups is 1. The lowest BCUT2D eigenvalue weighted by Gasteiger charge is -2.59. The zero-order chi connectivity index (χ0) is 26.4. The van der Waals surface area contributed by atoms with Crippen molar-refractivity contribution in [3.63, 3.8) is 0 Å². The van der Waals surface area contributed by atoms with Gasteiger partial charge in [0, 0.05) is 54.5 Å². The summed E-state index contributed by atoms with van der Waals surface area (Å²) >= 11 is 0. The number of carbonyl (C=O) groups is 1. The minimum absolute atomic E-state index is 0.0229. The quantitative estimate of drug-likeness (QED) is 0.547. The lowest BCUT2D eigenvalue weighted by atomic mass is 9.57. The first-order chi connectivity index (χ1) is 18.0. The van der Waals surface area contributed by atoms with Crippen LogP contribution < -0.4 is 0 Å². The van der Waals surface area contributed by atoms with Crippen molar-refractivity contribution in [3.05, 3.63) is 58.9 Å². The summed E-state index contributed by atoms with van der Waals surface area (Å²) in [5, 5.41) is 22.3. The fraction of sp³-hybridized carbons (Fsp3) is 0.586. The summed E-state index contributed by atoms with van der Waals surface area (Å²) in [5.41, 5.74) is 4.05. The van der Waals surface area contributed by atoms with Crippen LogP contribution >= 0.6 is 0 Å². The first kappa shape index (κ1) is 23.9. The van der Waals surface area contributed by atoms with E-state index in [1.54, 1.807) is 0 Å². The third-order valence-corrected chi connectivity index (χ3v) is 9.13. The van der Waals surface area contributed by atoms with Crippen molar-refractivity contribution in [1.82, 2.24) is 34.8 Å². The standard InChI is InChI=1S/C29H37N7O2/c1-18-11-23(27(2,3)4)33-36(18)22-7-5-19(6-8-22)21-14-34(15-21)26(37)35-16-28(17-35)12-20(13-28)24-30-25(32-31-24)29(38)9-10-29/h5-8,11,20-21,38H,9-10,12-17H2,1-4H3,(H,30,31,32). The minimum Gasteiger partial charge on any atom is -0.382 e. The number of nitrogens with zero attached hydrogens (tertiary/aromatic N) is 6. The molecule has 2 aliphatic heterocycles. The molecule has 4 aliphatic rings. The van der Waals surface area contributed by atoms with E-state index in [9.17, 15) is 9.90 Å². The van der Waals surface area contributed by atoms with Gasteiger partial charge in [-0.25, -0.2) is 14.5 Å². The molecule has 9 nitrogen and oxygen atoms in total. The number of amides is 2. The number of aromatic amines is 1. The Labute approximate surface area is 223 Å². The van der Waals surface area contributed by atoms with E-state index in [4.69, 9.17) is 5.10 Å². The van der Waals surface area contributed by atoms with Gasteiger partial charge in [-0.05, 0) is 56.4 Å². The monoisotopic (exact) mass is 515 g/mol. The number of aromatic nitrogens is 5. The van der Waals surface area contributed by atoms with Crippen molar-refractivity contribution in [2.24, 2.45) is 5.41 Å². The van der Waals surface area contributed by atoms with Crippen molar-refractivity contribution in [2.45, 2.75) is 76.2 Å². The van der Waals surface area contributed by atoms with E-state index < -0.39 is 5.60 Å². The molecule has 4 fully saturated rings. The van der Waals surface area contributed by atoms with E-state index in [2.05, 4.69) is 73.2 Å². The molecule has 2 amide bonds. The molecular weight excluding hydrogens is 478 g/mol. The second-order valence-electron chi connectivity index (χ2n) is 13.3. The summed E-state index contributed by atoms with van der Waals surface area (Å²) in [6.45, 7) is 11.9. The highest BCUT2D eigenvalue weighted by Crippen LogP contribution is 2.56. The number of likely N-dealkylation sites (tertiary alicyclic amines) is 2. The summed E-state index contributed by atoms with van der Waals surface area (Å²) in [6, 6.07) is 11.0. The fourth-order valence-electron chi connectivity index (χ4n) is 6.38. The Kier molecular flexibility index (Phi) is 4.97. The fourth-order valence-corrected chi connectivity index (χ4v) is 6.38. The molecule has 0 unspecified atom stereocenters. The number of hydrogen-bond donors (Lipinski definition) is 2. The van der Waals surface area contributed by atoms with Crippen molar-refractivity contribution in [3.8, 4) is 5.69 Å². The van der Waals surface area contributed by atoms with E-state index >= 15 is 0 Å². The maximum Gasteiger partial charge on any atom is 0.320 e. The number of urea groups is 1. The lowest BCUT2D eigenvalue weighted by molar-refractivity contribution is -0.0602. The van der Waals surface area contributed by atoms with Crippen molar-refractivity contribution >= 4 is 6.03 Å². The van der Waals surface area contributed by atoms with Gasteiger partial charge < -0.3 is 14.9 Å². The van der Waals surface area contributed by atoms with Crippen molar-refractivity contribution in [1.29, 1.82) is 0 Å². The molecule has 4 heterocycles. The van der Waals surface area contributed by atoms with E-state index in [0.717, 1.165) is 74.8 Å². The Morgan fingerprint density at radius 3 is 2.34 bits per heavy atom. The SMILES string of the molecule is Cc1cc(C(C)(C)C)nn1-c1ccc(C2CN(C(=O)N3CC4(CC(c5nc(C6(O)CC6)n[nH]5)C4)C3)C2)cc1. The number of nitrogens with one attached hydrogen (secondary N) is 1. The van der Waals surface area contributed by atoms with Gasteiger partial charge >= 0.3 is 6.03 Å². The maximum absolute atomic E-state index is 13.0. The van der Waals surface area contributed by atoms with Crippen LogP contribution in [0.25, 0.3) is 5.69 Å². The molecule has 38 heavy (non-hydrogen) atoms. The number of H-pyrrole nitrogens is 1. The highest BCUT2D eigenvalue weighted by molar-refractivity contribution is 5.77. The molecule has 9 heteroatoms. The highest BCUT2D eigenvalue weighted by Gasteiger charge is 2.56. The van der Waals surface area contributed by atoms with Gasteiger partial charge in [-0.15, -0.1) is 0 Å². The van der Waals surface area contributed by atoms with Crippen LogP contribution in [0.3, 0.4) is 0 Å². The summed E-state index contributed by atoms with van der Waals surface area (Å²) in [4.78, 5) is 21.6. The van der Waals surface area contributed by atoms with Gasteiger partial charge in [-0.1, -0.05) is 32.9 Å². The molecule has 2 saturated carbocycles. The predicted molar refractivity (Wildman–Crippen MR) is 142 cm³/mol. The Hall–Kier alpha value is -3.20. The number of carbonyl (C=O) groups excluding carboxylic acids is 1. The van der Waals surface area contributed by atoms with Crippen LogP contribution in [0.5, 0.6) is 0 Å². The average molecular weight is 516 g/mol. The maximum atomic E-state index is 13.0. The smallest absolute Gasteiger partial charge is 0.320 e. The highest BCUT2D eigenvalue weighted by atomic mass is 16.3. The summed E-state index contributed by atoms with van der Waals surface area (Å²) in [6.07, 6.45) is 3.57. The molecule has 2 N–H and O–H groups in total. The van der Waals surface area contributed by atoms with Crippen molar-refractivity contribution in [2.75, 3.05) is 26.2 Å². The Bertz CT molecular complexity index is 1370. The van der Waals surface area contributed by atoms with Gasteiger partial charge in [0.25, 0.3) is 0 Å². The molecule has 0 atom stereocenters. The van der Waals surface area contributed by atoms with Crippen LogP contribution in [0.1, 0.15) is 86.9 Å². The van der Waals surface area contributed by atoms with E-state index in [0.29, 0.717) is 17.7 Å². The van der Waals surface area contributed by atoms with Gasteiger partial charge in [0.15, 0.2) is 5.82 Å². The van der Waals surface area contributed by atoms with Crippen LogP contribution in [-0.2, 0) is 11.0 Å². The molecule has 200 valence electrons. The molecule has 0 radical (unpaired) electrons. The van der Waals surface area contributed by atoms with E-state index in [-0.39, 0.29) is 16.9 Å². The first-order valence-electron chi connectivity index (χ1n) is 13.9. The van der Waals surface area contributed by atoms with Crippen LogP contribution in [0, 0.1) is 12.3 Å². The zero-order valence-corrected chi connectivity index (χ0v) is 22.7. The molecule has 2 aromatic heterocycles. The van der Waals surface area contributed by atoms with Gasteiger partial charge in [-0.2, -0.15) is 10.2 Å². The van der Waals surface area contributed by atoms with Gasteiger partial charge in [0.2, 0.25) is 0 Å². The second kappa shape index (κ2) is 7.91. The number of benzene rings is 1. The number of aryl methyl sites for hydroxylation is 1. The van der Waals surface area contributed by atoms with Crippen LogP contribution in [0.15, 0.2) is 30.3 Å². The molecule has 7 rings (SSSR count). The molecule has 3 aromatic rings. The van der Waals surface area contributed by atoms with Crippen molar-refractivity contribution < 1.29 is 9.90 Å². The summed E-state index contributed by atoms with van der Waals surface area (Å²) < 4.78 is 2.02. The van der Waals surface area contributed by atoms with E-state index in [1.807, 2.05) is 14.5 Å². The van der Waals surface area contributed by atoms with E-state index in [1.165, 1.54) is 5.56 Å². The molecule has 2 saturated heterocycles. The van der Waals surface area contributed by atoms with Gasteiger partial charge in [-0.3, -0.25) is 5.10 Å². The van der Waals surface area contributed by atoms with Crippen LogP contribution in [-0.4, -0.2) is 72.1 Å². The first-order valence-corrected chi connectivity index (χ1v) is 13.9. The topological polar surface area (TPSA) is 103 Å². The summed E-state index contributed by atoms with van der Waals surface area (Å²) in [5.74, 6) is 2.19. The Morgan fingerprint density at radius 1 is 1.05 bits per heavy atom. The lowest BCUT2D eigenvalue weighted by Crippen LogP contribution is -2.67. The van der Waals surface area contributed by atoms with Gasteiger partial charge in [0.05, 0.1) is 11.4 Å². The Balaban J connectivity index is 0.898. The Morgan fingerprint density at radius 2 is 1.74 bits per heavy atom. The third-order valence-electron chi connectivity index (χ3n) is 9.13. The van der Waals surface area contributed by atoms with Crippen LogP contribution in [0.4, 0.5) is 4.79 Å². The normalized spacial score (nSPS) is 22.2. The van der Waals surface area contributed by atoms with Gasteiger partial charge in [0.1, 0.15) is 11.4 Å².